The number of rotatable bonds is 5. The summed E-state index contributed by atoms with van der Waals surface area (Å²) in [5.41, 5.74) is 15.9. The number of para-hydroxylation sites is 1. The van der Waals surface area contributed by atoms with Crippen LogP contribution in [0.15, 0.2) is 212 Å². The zero-order valence-corrected chi connectivity index (χ0v) is 33.5. The van der Waals surface area contributed by atoms with Crippen LogP contribution >= 0.6 is 0 Å². The predicted molar refractivity (Wildman–Crippen MR) is 249 cm³/mol. The summed E-state index contributed by atoms with van der Waals surface area (Å²) in [6, 6.07) is 76.6. The van der Waals surface area contributed by atoms with Crippen LogP contribution in [0.3, 0.4) is 0 Å². The molecule has 1 spiro atoms. The Hall–Kier alpha value is -8.39. The minimum absolute atomic E-state index is 0.643. The molecule has 0 radical (unpaired) electrons. The van der Waals surface area contributed by atoms with Gasteiger partial charge >= 0.3 is 0 Å². The Morgan fingerprint density at radius 2 is 0.919 bits per heavy atom. The smallest absolute Gasteiger partial charge is 0.160 e. The monoisotopic (exact) mass is 789 g/mol. The van der Waals surface area contributed by atoms with Gasteiger partial charge in [-0.3, -0.25) is 0 Å². The first-order valence-corrected chi connectivity index (χ1v) is 20.9. The molecule has 0 amide bonds. The summed E-state index contributed by atoms with van der Waals surface area (Å²) in [6.45, 7) is 0. The highest BCUT2D eigenvalue weighted by Gasteiger charge is 2.51. The van der Waals surface area contributed by atoms with Crippen molar-refractivity contribution in [2.45, 2.75) is 5.41 Å². The predicted octanol–water partition coefficient (Wildman–Crippen LogP) is 14.3. The van der Waals surface area contributed by atoms with Crippen LogP contribution < -0.4 is 4.74 Å². The normalized spacial score (nSPS) is 12.8. The summed E-state index contributed by atoms with van der Waals surface area (Å²) in [5.74, 6) is 2.28. The number of hydrogen-bond donors (Lipinski definition) is 0. The molecule has 62 heavy (non-hydrogen) atoms. The Labute approximate surface area is 359 Å². The topological polar surface area (TPSA) is 58.8 Å². The van der Waals surface area contributed by atoms with E-state index in [1.165, 1.54) is 22.3 Å². The Bertz CT molecular complexity index is 3340. The molecular weight excluding hydrogens is 755 g/mol. The molecule has 0 unspecified atom stereocenters. The fraction of sp³-hybridized carbons (Fsp3) is 0.0172. The van der Waals surface area contributed by atoms with Gasteiger partial charge in [0.1, 0.15) is 11.5 Å². The molecule has 0 bridgehead atoms. The third kappa shape index (κ3) is 5.39. The molecule has 0 atom stereocenters. The number of nitriles is 1. The molecule has 2 aliphatic rings. The minimum Gasteiger partial charge on any atom is -0.456 e. The molecule has 4 nitrogen and oxygen atoms in total. The van der Waals surface area contributed by atoms with Gasteiger partial charge in [-0.05, 0) is 86.1 Å². The lowest BCUT2D eigenvalue weighted by Gasteiger charge is -2.40. The van der Waals surface area contributed by atoms with E-state index >= 15 is 0 Å². The third-order valence-corrected chi connectivity index (χ3v) is 12.6. The number of fused-ring (bicyclic) bond motifs is 10. The number of hydrogen-bond acceptors (Lipinski definition) is 4. The van der Waals surface area contributed by atoms with Crippen molar-refractivity contribution in [2.75, 3.05) is 0 Å². The van der Waals surface area contributed by atoms with Crippen molar-refractivity contribution in [1.29, 1.82) is 5.26 Å². The highest BCUT2D eigenvalue weighted by atomic mass is 16.5. The van der Waals surface area contributed by atoms with E-state index in [-0.39, 0.29) is 0 Å². The molecular formula is C58H35N3O. The highest BCUT2D eigenvalue weighted by molar-refractivity contribution is 6.06. The van der Waals surface area contributed by atoms with Crippen molar-refractivity contribution in [1.82, 2.24) is 9.97 Å². The first-order chi connectivity index (χ1) is 30.7. The summed E-state index contributed by atoms with van der Waals surface area (Å²) in [4.78, 5) is 10.5. The lowest BCUT2D eigenvalue weighted by atomic mass is 9.65. The molecule has 288 valence electrons. The fourth-order valence-electron chi connectivity index (χ4n) is 9.88. The zero-order chi connectivity index (χ0) is 41.2. The summed E-state index contributed by atoms with van der Waals surface area (Å²) in [6.07, 6.45) is 0. The van der Waals surface area contributed by atoms with Crippen molar-refractivity contribution in [3.63, 3.8) is 0 Å². The summed E-state index contributed by atoms with van der Waals surface area (Å²) in [7, 11) is 0. The Balaban J connectivity index is 1.10. The Morgan fingerprint density at radius 3 is 1.56 bits per heavy atom. The van der Waals surface area contributed by atoms with Crippen LogP contribution in [-0.4, -0.2) is 9.97 Å². The standard InChI is InChI=1S/C58H35N3O/c59-36-37-26-28-38(29-27-37)42-31-32-45(44-19-8-7-18-43(42)44)48-22-13-25-51-56(48)62-55-33-30-41(34-52(55)58(51)49-23-11-9-20-46(49)47-21-10-12-24-50(47)58)57-60-53(39-14-3-1-4-15-39)35-54(61-57)40-16-5-2-6-17-40/h1-35H. The molecule has 10 aromatic rings. The minimum atomic E-state index is -0.709. The zero-order valence-electron chi connectivity index (χ0n) is 33.5. The molecule has 0 fully saturated rings. The van der Waals surface area contributed by atoms with Crippen LogP contribution in [0.2, 0.25) is 0 Å². The quantitative estimate of drug-likeness (QED) is 0.174. The first-order valence-electron chi connectivity index (χ1n) is 20.9. The Morgan fingerprint density at radius 1 is 0.387 bits per heavy atom. The van der Waals surface area contributed by atoms with Gasteiger partial charge in [-0.1, -0.05) is 176 Å². The number of aromatic nitrogens is 2. The van der Waals surface area contributed by atoms with Crippen molar-refractivity contribution < 1.29 is 4.74 Å². The van der Waals surface area contributed by atoms with Gasteiger partial charge in [0.2, 0.25) is 0 Å². The van der Waals surface area contributed by atoms with Gasteiger partial charge in [0.05, 0.1) is 28.4 Å². The summed E-state index contributed by atoms with van der Waals surface area (Å²) >= 11 is 0. The van der Waals surface area contributed by atoms with Gasteiger partial charge in [0.25, 0.3) is 0 Å². The van der Waals surface area contributed by atoms with Crippen molar-refractivity contribution in [2.24, 2.45) is 0 Å². The number of nitrogens with zero attached hydrogens (tertiary/aromatic N) is 3. The van der Waals surface area contributed by atoms with Crippen molar-refractivity contribution >= 4 is 10.8 Å². The molecule has 1 aliphatic heterocycles. The summed E-state index contributed by atoms with van der Waals surface area (Å²) < 4.78 is 7.27. The van der Waals surface area contributed by atoms with Crippen LogP contribution in [0, 0.1) is 11.3 Å². The molecule has 1 aliphatic carbocycles. The largest absolute Gasteiger partial charge is 0.456 e. The van der Waals surface area contributed by atoms with Crippen molar-refractivity contribution in [3.8, 4) is 84.9 Å². The van der Waals surface area contributed by atoms with Gasteiger partial charge < -0.3 is 4.74 Å². The van der Waals surface area contributed by atoms with E-state index in [1.54, 1.807) is 0 Å². The molecule has 0 N–H and O–H groups in total. The van der Waals surface area contributed by atoms with E-state index in [2.05, 4.69) is 158 Å². The highest BCUT2D eigenvalue weighted by Crippen LogP contribution is 2.63. The third-order valence-electron chi connectivity index (χ3n) is 12.6. The van der Waals surface area contributed by atoms with Crippen LogP contribution in [0.25, 0.3) is 78.1 Å². The van der Waals surface area contributed by atoms with Crippen LogP contribution in [-0.2, 0) is 5.41 Å². The lowest BCUT2D eigenvalue weighted by Crippen LogP contribution is -2.32. The SMILES string of the molecule is N#Cc1ccc(-c2ccc(-c3cccc4c3Oc3ccc(-c5nc(-c6ccccc6)cc(-c6ccccc6)n5)cc3C43c4ccccc4-c4ccccc43)c3ccccc23)cc1. The second kappa shape index (κ2) is 14.1. The van der Waals surface area contributed by atoms with Gasteiger partial charge in [-0.15, -0.1) is 0 Å². The van der Waals surface area contributed by atoms with Gasteiger partial charge in [0.15, 0.2) is 5.82 Å². The molecule has 12 rings (SSSR count). The maximum atomic E-state index is 9.47. The van der Waals surface area contributed by atoms with Gasteiger partial charge in [-0.2, -0.15) is 5.26 Å². The first kappa shape index (κ1) is 35.5. The van der Waals surface area contributed by atoms with E-state index in [0.29, 0.717) is 11.4 Å². The van der Waals surface area contributed by atoms with E-state index < -0.39 is 5.41 Å². The maximum absolute atomic E-state index is 9.47. The van der Waals surface area contributed by atoms with E-state index in [0.717, 1.165) is 83.7 Å². The maximum Gasteiger partial charge on any atom is 0.160 e. The molecule has 0 saturated heterocycles. The van der Waals surface area contributed by atoms with E-state index in [1.807, 2.05) is 60.7 Å². The van der Waals surface area contributed by atoms with E-state index in [9.17, 15) is 5.26 Å². The second-order valence-electron chi connectivity index (χ2n) is 15.9. The summed E-state index contributed by atoms with van der Waals surface area (Å²) in [5, 5.41) is 11.7. The Kier molecular flexibility index (Phi) is 8.10. The average molecular weight is 790 g/mol. The number of benzene rings is 9. The fourth-order valence-corrected chi connectivity index (χ4v) is 9.88. The number of ether oxygens (including phenoxy) is 1. The van der Waals surface area contributed by atoms with Crippen LogP contribution in [0.5, 0.6) is 11.5 Å². The van der Waals surface area contributed by atoms with Gasteiger partial charge in [-0.25, -0.2) is 9.97 Å². The van der Waals surface area contributed by atoms with E-state index in [4.69, 9.17) is 14.7 Å². The average Bonchev–Trinajstić information content (AvgIpc) is 3.64. The van der Waals surface area contributed by atoms with Crippen LogP contribution in [0.1, 0.15) is 27.8 Å². The van der Waals surface area contributed by atoms with Gasteiger partial charge in [0, 0.05) is 33.4 Å². The molecule has 1 aromatic heterocycles. The molecule has 9 aromatic carbocycles. The molecule has 4 heteroatoms. The lowest BCUT2D eigenvalue weighted by molar-refractivity contribution is 0.438. The molecule has 0 saturated carbocycles. The second-order valence-corrected chi connectivity index (χ2v) is 15.9. The molecule has 2 heterocycles. The van der Waals surface area contributed by atoms with Crippen LogP contribution in [0.4, 0.5) is 0 Å². The van der Waals surface area contributed by atoms with Crippen molar-refractivity contribution in [3.05, 3.63) is 240 Å².